The van der Waals surface area contributed by atoms with Gasteiger partial charge in [-0.25, -0.2) is 9.59 Å². The average molecular weight is 465 g/mol. The largest absolute Gasteiger partial charge is 0.473 e. The van der Waals surface area contributed by atoms with Crippen LogP contribution in [0.15, 0.2) is 34.9 Å². The number of carbonyl (C=O) groups is 2. The molecule has 0 radical (unpaired) electrons. The van der Waals surface area contributed by atoms with Gasteiger partial charge in [0.15, 0.2) is 5.11 Å². The maximum absolute atomic E-state index is 9.10. The average Bonchev–Trinajstić information content (AvgIpc) is 3.10. The Labute approximate surface area is 191 Å². The molecule has 0 spiro atoms. The topological polar surface area (TPSA) is 128 Å². The summed E-state index contributed by atoms with van der Waals surface area (Å²) in [6.07, 6.45) is 0. The highest BCUT2D eigenvalue weighted by atomic mass is 32.1. The summed E-state index contributed by atoms with van der Waals surface area (Å²) in [6, 6.07) is 10.2. The van der Waals surface area contributed by atoms with Crippen LogP contribution in [0.25, 0.3) is 0 Å². The van der Waals surface area contributed by atoms with Crippen LogP contribution in [0, 0.1) is 13.8 Å². The molecule has 1 aromatic carbocycles. The molecule has 11 heteroatoms. The first-order valence-corrected chi connectivity index (χ1v) is 10.5. The molecule has 2 heterocycles. The molecule has 3 rings (SSSR count). The van der Waals surface area contributed by atoms with Crippen molar-refractivity contribution >= 4 is 35.0 Å². The number of para-hydroxylation sites is 1. The van der Waals surface area contributed by atoms with Crippen LogP contribution < -0.4 is 10.2 Å². The van der Waals surface area contributed by atoms with Crippen molar-refractivity contribution in [3.63, 3.8) is 0 Å². The van der Waals surface area contributed by atoms with Crippen molar-refractivity contribution in [2.75, 3.05) is 44.3 Å². The van der Waals surface area contributed by atoms with Gasteiger partial charge in [-0.05, 0) is 38.2 Å². The molecular formula is C21H28N4O6S. The Hall–Kier alpha value is -3.02. The van der Waals surface area contributed by atoms with Crippen LogP contribution >= 0.6 is 12.2 Å². The Bertz CT molecular complexity index is 867. The van der Waals surface area contributed by atoms with Gasteiger partial charge in [0, 0.05) is 37.4 Å². The Morgan fingerprint density at radius 3 is 2.31 bits per heavy atom. The lowest BCUT2D eigenvalue weighted by molar-refractivity contribution is -0.159. The molecule has 1 aliphatic rings. The van der Waals surface area contributed by atoms with Crippen LogP contribution in [-0.4, -0.2) is 76.7 Å². The van der Waals surface area contributed by atoms with Crippen LogP contribution in [0.5, 0.6) is 0 Å². The van der Waals surface area contributed by atoms with Crippen LogP contribution in [0.3, 0.4) is 0 Å². The first-order valence-electron chi connectivity index (χ1n) is 10.1. The Morgan fingerprint density at radius 1 is 1.16 bits per heavy atom. The fourth-order valence-corrected chi connectivity index (χ4v) is 3.29. The highest BCUT2D eigenvalue weighted by Gasteiger charge is 2.18. The summed E-state index contributed by atoms with van der Waals surface area (Å²) < 4.78 is 10.7. The fourth-order valence-electron chi connectivity index (χ4n) is 3.02. The third kappa shape index (κ3) is 7.91. The summed E-state index contributed by atoms with van der Waals surface area (Å²) in [4.78, 5) is 22.7. The molecule has 0 bridgehead atoms. The van der Waals surface area contributed by atoms with Gasteiger partial charge in [-0.15, -0.1) is 0 Å². The number of aryl methyl sites for hydroxylation is 2. The Morgan fingerprint density at radius 2 is 1.78 bits per heavy atom. The lowest BCUT2D eigenvalue weighted by Gasteiger charge is -2.29. The number of thiocarbonyl (C=S) groups is 1. The van der Waals surface area contributed by atoms with Crippen molar-refractivity contribution in [2.24, 2.45) is 0 Å². The van der Waals surface area contributed by atoms with Gasteiger partial charge in [-0.3, -0.25) is 4.90 Å². The number of benzene rings is 1. The number of rotatable bonds is 6. The van der Waals surface area contributed by atoms with E-state index in [1.807, 2.05) is 32.0 Å². The highest BCUT2D eigenvalue weighted by Crippen LogP contribution is 2.21. The summed E-state index contributed by atoms with van der Waals surface area (Å²) in [5.41, 5.74) is 3.03. The second kappa shape index (κ2) is 12.7. The standard InChI is InChI=1S/C19H26N4O2S.C2H2O4/c1-15-18(16(2)25-21-15)14-23(17-6-4-3-5-7-17)19(26)20-8-9-22-10-12-24-13-11-22;3-1(4)2(5)6/h3-7H,8-14H2,1-2H3,(H,20,26);(H,3,4)(H,5,6). The highest BCUT2D eigenvalue weighted by molar-refractivity contribution is 7.80. The van der Waals surface area contributed by atoms with E-state index in [-0.39, 0.29) is 0 Å². The van der Waals surface area contributed by atoms with Crippen molar-refractivity contribution in [2.45, 2.75) is 20.4 Å². The molecule has 2 aromatic rings. The van der Waals surface area contributed by atoms with E-state index < -0.39 is 11.9 Å². The van der Waals surface area contributed by atoms with E-state index in [4.69, 9.17) is 41.3 Å². The third-order valence-corrected chi connectivity index (χ3v) is 5.17. The van der Waals surface area contributed by atoms with E-state index in [1.165, 1.54) is 0 Å². The Kier molecular flexibility index (Phi) is 10.1. The van der Waals surface area contributed by atoms with E-state index in [9.17, 15) is 0 Å². The molecule has 174 valence electrons. The Balaban J connectivity index is 0.000000534. The van der Waals surface area contributed by atoms with E-state index in [1.54, 1.807) is 0 Å². The summed E-state index contributed by atoms with van der Waals surface area (Å²) in [6.45, 7) is 9.89. The molecule has 1 saturated heterocycles. The molecule has 1 fully saturated rings. The number of hydrogen-bond donors (Lipinski definition) is 3. The van der Waals surface area contributed by atoms with E-state index in [2.05, 4.69) is 32.4 Å². The molecule has 0 amide bonds. The number of nitrogens with zero attached hydrogens (tertiary/aromatic N) is 3. The quantitative estimate of drug-likeness (QED) is 0.426. The van der Waals surface area contributed by atoms with Crippen molar-refractivity contribution in [1.82, 2.24) is 15.4 Å². The summed E-state index contributed by atoms with van der Waals surface area (Å²) in [5.74, 6) is -2.82. The number of carboxylic acids is 2. The first kappa shape index (κ1) is 25.2. The lowest BCUT2D eigenvalue weighted by Crippen LogP contribution is -2.45. The number of aliphatic carboxylic acids is 2. The van der Waals surface area contributed by atoms with Gasteiger partial charge in [0.05, 0.1) is 25.5 Å². The molecule has 10 nitrogen and oxygen atoms in total. The molecule has 0 atom stereocenters. The second-order valence-corrected chi connectivity index (χ2v) is 7.41. The minimum Gasteiger partial charge on any atom is -0.473 e. The number of morpholine rings is 1. The zero-order chi connectivity index (χ0) is 23.5. The fraction of sp³-hybridized carbons (Fsp3) is 0.429. The van der Waals surface area contributed by atoms with Crippen molar-refractivity contribution < 1.29 is 29.1 Å². The molecular weight excluding hydrogens is 436 g/mol. The van der Waals surface area contributed by atoms with Crippen LogP contribution in [-0.2, 0) is 20.9 Å². The zero-order valence-corrected chi connectivity index (χ0v) is 18.9. The number of aromatic nitrogens is 1. The number of carboxylic acid groups (broad SMARTS) is 2. The molecule has 3 N–H and O–H groups in total. The minimum atomic E-state index is -1.82. The summed E-state index contributed by atoms with van der Waals surface area (Å²) >= 11 is 5.70. The van der Waals surface area contributed by atoms with Crippen molar-refractivity contribution in [3.8, 4) is 0 Å². The molecule has 1 aromatic heterocycles. The predicted molar refractivity (Wildman–Crippen MR) is 122 cm³/mol. The monoisotopic (exact) mass is 464 g/mol. The molecule has 0 unspecified atom stereocenters. The summed E-state index contributed by atoms with van der Waals surface area (Å²) in [5, 5.41) is 23.0. The van der Waals surface area contributed by atoms with Gasteiger partial charge >= 0.3 is 11.9 Å². The van der Waals surface area contributed by atoms with Crippen molar-refractivity contribution in [1.29, 1.82) is 0 Å². The maximum atomic E-state index is 9.10. The van der Waals surface area contributed by atoms with Crippen LogP contribution in [0.4, 0.5) is 5.69 Å². The van der Waals surface area contributed by atoms with E-state index in [0.717, 1.165) is 62.1 Å². The van der Waals surface area contributed by atoms with E-state index in [0.29, 0.717) is 11.7 Å². The minimum absolute atomic E-state index is 0.633. The number of ether oxygens (including phenoxy) is 1. The van der Waals surface area contributed by atoms with Gasteiger partial charge in [0.1, 0.15) is 5.76 Å². The van der Waals surface area contributed by atoms with Gasteiger partial charge in [-0.1, -0.05) is 23.4 Å². The zero-order valence-electron chi connectivity index (χ0n) is 18.1. The summed E-state index contributed by atoms with van der Waals surface area (Å²) in [7, 11) is 0. The van der Waals surface area contributed by atoms with Gasteiger partial charge in [-0.2, -0.15) is 0 Å². The van der Waals surface area contributed by atoms with Crippen LogP contribution in [0.2, 0.25) is 0 Å². The molecule has 32 heavy (non-hydrogen) atoms. The van der Waals surface area contributed by atoms with Gasteiger partial charge in [0.2, 0.25) is 0 Å². The number of nitrogens with one attached hydrogen (secondary N) is 1. The second-order valence-electron chi connectivity index (χ2n) is 7.02. The molecule has 1 aliphatic heterocycles. The normalized spacial score (nSPS) is 13.6. The maximum Gasteiger partial charge on any atom is 0.414 e. The number of hydrogen-bond acceptors (Lipinski definition) is 7. The van der Waals surface area contributed by atoms with E-state index >= 15 is 0 Å². The predicted octanol–water partition coefficient (Wildman–Crippen LogP) is 1.66. The smallest absolute Gasteiger partial charge is 0.414 e. The first-order chi connectivity index (χ1) is 15.3. The number of anilines is 1. The SMILES string of the molecule is Cc1noc(C)c1CN(C(=S)NCCN1CCOCC1)c1ccccc1.O=C(O)C(=O)O. The third-order valence-electron chi connectivity index (χ3n) is 4.80. The molecule has 0 saturated carbocycles. The van der Waals surface area contributed by atoms with Crippen molar-refractivity contribution in [3.05, 3.63) is 47.3 Å². The van der Waals surface area contributed by atoms with Crippen LogP contribution in [0.1, 0.15) is 17.0 Å². The van der Waals surface area contributed by atoms with Gasteiger partial charge < -0.3 is 29.7 Å². The van der Waals surface area contributed by atoms with Gasteiger partial charge in [0.25, 0.3) is 0 Å². The molecule has 0 aliphatic carbocycles. The lowest BCUT2D eigenvalue weighted by atomic mass is 10.2.